The fourth-order valence-electron chi connectivity index (χ4n) is 7.88. The van der Waals surface area contributed by atoms with Crippen LogP contribution in [0.3, 0.4) is 0 Å². The molecule has 0 aromatic heterocycles. The molecular weight excluding hydrogens is 424 g/mol. The summed E-state index contributed by atoms with van der Waals surface area (Å²) in [5.74, 6) is 0.334. The summed E-state index contributed by atoms with van der Waals surface area (Å²) in [6, 6.07) is 0. The number of carbonyl (C=O) groups is 3. The zero-order valence-corrected chi connectivity index (χ0v) is 22.6. The average molecular weight is 469 g/mol. The van der Waals surface area contributed by atoms with E-state index in [1.165, 1.54) is 0 Å². The van der Waals surface area contributed by atoms with Crippen LogP contribution in [0.5, 0.6) is 0 Å². The first-order valence-corrected chi connectivity index (χ1v) is 13.5. The van der Waals surface area contributed by atoms with E-state index < -0.39 is 5.41 Å². The van der Waals surface area contributed by atoms with Gasteiger partial charge in [-0.1, -0.05) is 73.5 Å². The van der Waals surface area contributed by atoms with E-state index in [0.717, 1.165) is 49.7 Å². The minimum absolute atomic E-state index is 0.133. The Balaban J connectivity index is 1.90. The van der Waals surface area contributed by atoms with Crippen molar-refractivity contribution in [1.82, 2.24) is 0 Å². The molecule has 4 aliphatic carbocycles. The minimum atomic E-state index is -1.07. The number of allylic oxidation sites excluding steroid dienone is 2. The second-order valence-electron chi connectivity index (χ2n) is 13.0. The molecule has 0 aromatic carbocycles. The molecule has 4 bridgehead atoms. The number of carbonyl (C=O) groups excluding carboxylic acids is 3. The summed E-state index contributed by atoms with van der Waals surface area (Å²) in [6.45, 7) is 17.2. The van der Waals surface area contributed by atoms with Crippen molar-refractivity contribution >= 4 is 17.5 Å². The lowest BCUT2D eigenvalue weighted by molar-refractivity contribution is -0.150. The van der Waals surface area contributed by atoms with Crippen LogP contribution < -0.4 is 0 Å². The molecule has 0 aromatic rings. The first-order chi connectivity index (χ1) is 15.7. The molecule has 4 aliphatic rings. The van der Waals surface area contributed by atoms with Gasteiger partial charge in [-0.3, -0.25) is 14.4 Å². The Morgan fingerprint density at radius 1 is 0.882 bits per heavy atom. The Kier molecular flexibility index (Phi) is 5.90. The van der Waals surface area contributed by atoms with E-state index in [1.807, 2.05) is 19.1 Å². The average Bonchev–Trinajstić information content (AvgIpc) is 3.25. The molecule has 0 N–H and O–H groups in total. The first kappa shape index (κ1) is 25.4. The monoisotopic (exact) mass is 468 g/mol. The topological polar surface area (TPSA) is 60.4 Å². The second kappa shape index (κ2) is 7.90. The Bertz CT molecular complexity index is 916. The third-order valence-corrected chi connectivity index (χ3v) is 11.2. The van der Waals surface area contributed by atoms with E-state index in [2.05, 4.69) is 48.5 Å². The van der Waals surface area contributed by atoms with Crippen molar-refractivity contribution in [3.8, 4) is 0 Å². The van der Waals surface area contributed by atoms with Gasteiger partial charge in [0.2, 0.25) is 0 Å². The van der Waals surface area contributed by atoms with E-state index in [9.17, 15) is 14.4 Å². The van der Waals surface area contributed by atoms with E-state index in [-0.39, 0.29) is 57.6 Å². The fourth-order valence-corrected chi connectivity index (χ4v) is 7.88. The summed E-state index contributed by atoms with van der Waals surface area (Å²) in [5.41, 5.74) is -0.533. The van der Waals surface area contributed by atoms with Crippen LogP contribution in [0.25, 0.3) is 0 Å². The molecule has 4 saturated carbocycles. The molecule has 188 valence electrons. The van der Waals surface area contributed by atoms with Crippen LogP contribution >= 0.6 is 0 Å². The van der Waals surface area contributed by atoms with E-state index in [4.69, 9.17) is 4.74 Å². The highest BCUT2D eigenvalue weighted by Gasteiger charge is 2.66. The number of hydrogen-bond donors (Lipinski definition) is 0. The van der Waals surface area contributed by atoms with Crippen LogP contribution in [0.4, 0.5) is 0 Å². The Morgan fingerprint density at radius 2 is 1.32 bits per heavy atom. The molecule has 4 atom stereocenters. The molecule has 0 spiro atoms. The number of ketones is 2. The van der Waals surface area contributed by atoms with Gasteiger partial charge in [0.05, 0.1) is 6.61 Å². The number of Topliss-reactive ketones (excluding diaryl/α,β-unsaturated/α-hetero) is 2. The number of fused-ring (bicyclic) bond motifs is 4. The normalized spacial score (nSPS) is 37.9. The third kappa shape index (κ3) is 3.05. The van der Waals surface area contributed by atoms with Crippen LogP contribution in [0.15, 0.2) is 23.3 Å². The molecule has 0 heterocycles. The van der Waals surface area contributed by atoms with E-state index >= 15 is 0 Å². The summed E-state index contributed by atoms with van der Waals surface area (Å²) in [5, 5.41) is 0. The summed E-state index contributed by atoms with van der Waals surface area (Å²) >= 11 is 0. The maximum atomic E-state index is 13.7. The van der Waals surface area contributed by atoms with Gasteiger partial charge < -0.3 is 4.74 Å². The van der Waals surface area contributed by atoms with Crippen LogP contribution in [0.2, 0.25) is 0 Å². The molecule has 0 amide bonds. The standard InChI is InChI=1S/C30H44O4/c1-9-11-14-30(25(33)34-10-2,17-19-21-12-15-28(7,23(19)31)26(21,3)4)18-20-22-13-16-29(8,24(20)32)27(22,5)6/h17-18,21-22H,9-16H2,1-8H3/b19-17-,20-18-/t21-,22-,28-,29-/m1/s1. The molecule has 0 radical (unpaired) electrons. The number of esters is 1. The zero-order valence-electron chi connectivity index (χ0n) is 22.6. The summed E-state index contributed by atoms with van der Waals surface area (Å²) in [6.07, 6.45) is 9.97. The fraction of sp³-hybridized carbons (Fsp3) is 0.767. The lowest BCUT2D eigenvalue weighted by Gasteiger charge is -2.31. The maximum absolute atomic E-state index is 13.7. The van der Waals surface area contributed by atoms with E-state index in [0.29, 0.717) is 6.42 Å². The number of ether oxygens (including phenoxy) is 1. The molecule has 4 heteroatoms. The quantitative estimate of drug-likeness (QED) is 0.311. The Labute approximate surface area is 206 Å². The molecule has 0 unspecified atom stereocenters. The molecule has 34 heavy (non-hydrogen) atoms. The summed E-state index contributed by atoms with van der Waals surface area (Å²) < 4.78 is 5.66. The molecule has 4 rings (SSSR count). The van der Waals surface area contributed by atoms with Gasteiger partial charge in [-0.15, -0.1) is 0 Å². The van der Waals surface area contributed by atoms with Crippen molar-refractivity contribution in [2.45, 2.75) is 100 Å². The highest BCUT2D eigenvalue weighted by Crippen LogP contribution is 2.67. The minimum Gasteiger partial charge on any atom is -0.465 e. The first-order valence-electron chi connectivity index (χ1n) is 13.5. The van der Waals surface area contributed by atoms with Crippen molar-refractivity contribution in [3.63, 3.8) is 0 Å². The smallest absolute Gasteiger partial charge is 0.319 e. The van der Waals surface area contributed by atoms with Gasteiger partial charge in [0.15, 0.2) is 11.6 Å². The molecule has 4 fully saturated rings. The Morgan fingerprint density at radius 3 is 1.65 bits per heavy atom. The number of rotatable bonds is 7. The highest BCUT2D eigenvalue weighted by atomic mass is 16.5. The lowest BCUT2D eigenvalue weighted by Crippen LogP contribution is -2.34. The van der Waals surface area contributed by atoms with Crippen LogP contribution in [0, 0.1) is 38.9 Å². The summed E-state index contributed by atoms with van der Waals surface area (Å²) in [4.78, 5) is 41.1. The van der Waals surface area contributed by atoms with Gasteiger partial charge in [0.25, 0.3) is 0 Å². The van der Waals surface area contributed by atoms with Gasteiger partial charge >= 0.3 is 5.97 Å². The number of hydrogen-bond acceptors (Lipinski definition) is 4. The number of unbranched alkanes of at least 4 members (excludes halogenated alkanes) is 1. The summed E-state index contributed by atoms with van der Waals surface area (Å²) in [7, 11) is 0. The lowest BCUT2D eigenvalue weighted by atomic mass is 9.70. The van der Waals surface area contributed by atoms with Crippen molar-refractivity contribution in [3.05, 3.63) is 23.3 Å². The van der Waals surface area contributed by atoms with Crippen molar-refractivity contribution in [2.24, 2.45) is 38.9 Å². The van der Waals surface area contributed by atoms with Crippen molar-refractivity contribution < 1.29 is 19.1 Å². The zero-order chi connectivity index (χ0) is 25.3. The predicted octanol–water partition coefficient (Wildman–Crippen LogP) is 6.63. The molecule has 4 nitrogen and oxygen atoms in total. The Hall–Kier alpha value is -1.71. The molecular formula is C30H44O4. The van der Waals surface area contributed by atoms with Crippen LogP contribution in [0.1, 0.15) is 100 Å². The van der Waals surface area contributed by atoms with Gasteiger partial charge in [-0.05, 0) is 72.8 Å². The van der Waals surface area contributed by atoms with Crippen LogP contribution in [-0.2, 0) is 19.1 Å². The maximum Gasteiger partial charge on any atom is 0.319 e. The third-order valence-electron chi connectivity index (χ3n) is 11.2. The van der Waals surface area contributed by atoms with Gasteiger partial charge in [-0.25, -0.2) is 0 Å². The van der Waals surface area contributed by atoms with E-state index in [1.54, 1.807) is 0 Å². The van der Waals surface area contributed by atoms with Gasteiger partial charge in [0, 0.05) is 10.8 Å². The van der Waals surface area contributed by atoms with Crippen molar-refractivity contribution in [2.75, 3.05) is 6.61 Å². The SMILES string of the molecule is CCCCC(/C=C1\C(=O)[C@@]2(C)CC[C@H]1C2(C)C)(/C=C1\C(=O)[C@@]2(C)CC[C@H]1C2(C)C)C(=O)OCC. The highest BCUT2D eigenvalue weighted by molar-refractivity contribution is 6.07. The second-order valence-corrected chi connectivity index (χ2v) is 13.0. The van der Waals surface area contributed by atoms with Gasteiger partial charge in [0.1, 0.15) is 5.41 Å². The van der Waals surface area contributed by atoms with Crippen LogP contribution in [-0.4, -0.2) is 24.1 Å². The molecule has 0 aliphatic heterocycles. The van der Waals surface area contributed by atoms with Crippen molar-refractivity contribution in [1.29, 1.82) is 0 Å². The van der Waals surface area contributed by atoms with Gasteiger partial charge in [-0.2, -0.15) is 0 Å². The largest absolute Gasteiger partial charge is 0.465 e. The predicted molar refractivity (Wildman–Crippen MR) is 134 cm³/mol. The molecule has 0 saturated heterocycles.